The van der Waals surface area contributed by atoms with Crippen molar-refractivity contribution in [1.29, 1.82) is 0 Å². The van der Waals surface area contributed by atoms with Gasteiger partial charge in [-0.1, -0.05) is 55.1 Å². The van der Waals surface area contributed by atoms with Crippen molar-refractivity contribution >= 4 is 11.9 Å². The lowest BCUT2D eigenvalue weighted by atomic mass is 9.80. The summed E-state index contributed by atoms with van der Waals surface area (Å²) in [6.07, 6.45) is 8.02. The van der Waals surface area contributed by atoms with Crippen LogP contribution in [0.25, 0.3) is 6.08 Å². The maximum absolute atomic E-state index is 12.6. The Labute approximate surface area is 155 Å². The number of fused-ring (bicyclic) bond motifs is 1. The number of unbranched alkanes of at least 4 members (excludes halogenated alkanes) is 1. The molecule has 0 saturated carbocycles. The van der Waals surface area contributed by atoms with Crippen molar-refractivity contribution in [1.82, 2.24) is 0 Å². The Morgan fingerprint density at radius 3 is 2.65 bits per heavy atom. The maximum Gasteiger partial charge on any atom is 0.163 e. The number of carbonyl (C=O) groups excluding carboxylic acids is 1. The molecule has 2 heteroatoms. The zero-order valence-corrected chi connectivity index (χ0v) is 15.3. The number of aryl methyl sites for hydroxylation is 2. The van der Waals surface area contributed by atoms with Gasteiger partial charge in [0.2, 0.25) is 0 Å². The fraction of sp³-hybridized carbons (Fsp3) is 0.375. The number of halogens is 1. The van der Waals surface area contributed by atoms with Crippen molar-refractivity contribution in [2.24, 2.45) is 5.92 Å². The summed E-state index contributed by atoms with van der Waals surface area (Å²) in [6.45, 7) is 3.52. The molecule has 0 aliphatic heterocycles. The SMILES string of the molecule is C=Cc1ccc(C(=O)C[C@H]2CCc3cc(CCCCF)ccc3C2)cc1. The van der Waals surface area contributed by atoms with Gasteiger partial charge in [-0.05, 0) is 66.7 Å². The van der Waals surface area contributed by atoms with Crippen LogP contribution < -0.4 is 0 Å². The van der Waals surface area contributed by atoms with E-state index in [9.17, 15) is 9.18 Å². The second kappa shape index (κ2) is 8.93. The van der Waals surface area contributed by atoms with E-state index in [2.05, 4.69) is 24.8 Å². The molecule has 0 radical (unpaired) electrons. The van der Waals surface area contributed by atoms with Crippen LogP contribution in [-0.2, 0) is 19.3 Å². The Hall–Kier alpha value is -2.22. The second-order valence-electron chi connectivity index (χ2n) is 7.31. The third-order valence-electron chi connectivity index (χ3n) is 5.39. The Kier molecular flexibility index (Phi) is 6.38. The largest absolute Gasteiger partial charge is 0.294 e. The highest BCUT2D eigenvalue weighted by molar-refractivity contribution is 5.96. The number of ketones is 1. The van der Waals surface area contributed by atoms with E-state index >= 15 is 0 Å². The van der Waals surface area contributed by atoms with E-state index in [0.717, 1.165) is 43.2 Å². The molecule has 1 nitrogen and oxygen atoms in total. The highest BCUT2D eigenvalue weighted by Gasteiger charge is 2.22. The molecular weight excluding hydrogens is 323 g/mol. The molecule has 1 aliphatic rings. The summed E-state index contributed by atoms with van der Waals surface area (Å²) in [5.74, 6) is 0.656. The van der Waals surface area contributed by atoms with E-state index in [-0.39, 0.29) is 12.5 Å². The summed E-state index contributed by atoms with van der Waals surface area (Å²) in [7, 11) is 0. The molecule has 3 rings (SSSR count). The lowest BCUT2D eigenvalue weighted by molar-refractivity contribution is 0.0957. The van der Waals surface area contributed by atoms with Crippen LogP contribution in [0.2, 0.25) is 0 Å². The number of Topliss-reactive ketones (excluding diaryl/α,β-unsaturated/α-hetero) is 1. The van der Waals surface area contributed by atoms with Gasteiger partial charge in [0.25, 0.3) is 0 Å². The second-order valence-corrected chi connectivity index (χ2v) is 7.31. The monoisotopic (exact) mass is 350 g/mol. The average Bonchev–Trinajstić information content (AvgIpc) is 2.68. The first kappa shape index (κ1) is 18.6. The topological polar surface area (TPSA) is 17.1 Å². The molecule has 0 bridgehead atoms. The van der Waals surface area contributed by atoms with Crippen molar-refractivity contribution in [2.75, 3.05) is 6.67 Å². The predicted molar refractivity (Wildman–Crippen MR) is 106 cm³/mol. The maximum atomic E-state index is 12.6. The fourth-order valence-corrected chi connectivity index (χ4v) is 3.82. The van der Waals surface area contributed by atoms with Gasteiger partial charge < -0.3 is 0 Å². The van der Waals surface area contributed by atoms with Crippen molar-refractivity contribution in [3.05, 3.63) is 76.9 Å². The molecule has 136 valence electrons. The van der Waals surface area contributed by atoms with Gasteiger partial charge in [-0.2, -0.15) is 0 Å². The van der Waals surface area contributed by atoms with Crippen LogP contribution in [0.5, 0.6) is 0 Å². The summed E-state index contributed by atoms with van der Waals surface area (Å²) in [6, 6.07) is 14.4. The summed E-state index contributed by atoms with van der Waals surface area (Å²) < 4.78 is 12.2. The Balaban J connectivity index is 1.59. The molecule has 26 heavy (non-hydrogen) atoms. The van der Waals surface area contributed by atoms with Gasteiger partial charge in [0, 0.05) is 12.0 Å². The minimum absolute atomic E-state index is 0.225. The molecule has 0 spiro atoms. The number of hydrogen-bond donors (Lipinski definition) is 0. The molecular formula is C24H27FO. The number of carbonyl (C=O) groups is 1. The summed E-state index contributed by atoms with van der Waals surface area (Å²) in [5.41, 5.74) is 5.95. The molecule has 2 aromatic rings. The molecule has 0 amide bonds. The van der Waals surface area contributed by atoms with Gasteiger partial charge in [-0.25, -0.2) is 0 Å². The van der Waals surface area contributed by atoms with E-state index in [1.807, 2.05) is 24.3 Å². The van der Waals surface area contributed by atoms with Gasteiger partial charge in [-0.3, -0.25) is 9.18 Å². The Morgan fingerprint density at radius 1 is 1.12 bits per heavy atom. The zero-order valence-electron chi connectivity index (χ0n) is 15.3. The number of benzene rings is 2. The van der Waals surface area contributed by atoms with Crippen molar-refractivity contribution in [2.45, 2.75) is 44.9 Å². The highest BCUT2D eigenvalue weighted by atomic mass is 19.1. The molecule has 0 heterocycles. The van der Waals surface area contributed by atoms with Crippen molar-refractivity contribution in [3.8, 4) is 0 Å². The first-order valence-electron chi connectivity index (χ1n) is 9.62. The molecule has 0 unspecified atom stereocenters. The fourth-order valence-electron chi connectivity index (χ4n) is 3.82. The molecule has 0 fully saturated rings. The van der Waals surface area contributed by atoms with Crippen LogP contribution in [-0.4, -0.2) is 12.5 Å². The lowest BCUT2D eigenvalue weighted by Crippen LogP contribution is -2.18. The highest BCUT2D eigenvalue weighted by Crippen LogP contribution is 2.29. The number of rotatable bonds is 8. The van der Waals surface area contributed by atoms with Gasteiger partial charge in [-0.15, -0.1) is 0 Å². The van der Waals surface area contributed by atoms with Crippen LogP contribution in [0.4, 0.5) is 4.39 Å². The van der Waals surface area contributed by atoms with E-state index in [1.54, 1.807) is 6.08 Å². The van der Waals surface area contributed by atoms with E-state index in [4.69, 9.17) is 0 Å². The summed E-state index contributed by atoms with van der Waals surface area (Å²) >= 11 is 0. The summed E-state index contributed by atoms with van der Waals surface area (Å²) in [4.78, 5) is 12.6. The Morgan fingerprint density at radius 2 is 1.92 bits per heavy atom. The third kappa shape index (κ3) is 4.69. The lowest BCUT2D eigenvalue weighted by Gasteiger charge is -2.25. The van der Waals surface area contributed by atoms with Crippen molar-refractivity contribution in [3.63, 3.8) is 0 Å². The first-order valence-corrected chi connectivity index (χ1v) is 9.62. The quantitative estimate of drug-likeness (QED) is 0.421. The van der Waals surface area contributed by atoms with Gasteiger partial charge >= 0.3 is 0 Å². The Bertz CT molecular complexity index is 760. The van der Waals surface area contributed by atoms with Gasteiger partial charge in [0.1, 0.15) is 0 Å². The molecule has 0 saturated heterocycles. The van der Waals surface area contributed by atoms with Crippen LogP contribution >= 0.6 is 0 Å². The van der Waals surface area contributed by atoms with Crippen molar-refractivity contribution < 1.29 is 9.18 Å². The number of alkyl halides is 1. The standard InChI is InChI=1S/C24H27FO/c1-2-18-6-10-21(11-7-18)24(26)17-20-9-13-22-15-19(5-3-4-14-25)8-12-23(22)16-20/h2,6-8,10-12,15,20H,1,3-5,9,13-14,16-17H2/t20-/m0/s1. The average molecular weight is 350 g/mol. The molecule has 1 aliphatic carbocycles. The van der Waals surface area contributed by atoms with Crippen LogP contribution in [0.15, 0.2) is 49.0 Å². The van der Waals surface area contributed by atoms with Gasteiger partial charge in [0.05, 0.1) is 6.67 Å². The molecule has 0 aromatic heterocycles. The minimum atomic E-state index is -0.225. The number of hydrogen-bond acceptors (Lipinski definition) is 1. The zero-order chi connectivity index (χ0) is 18.4. The van der Waals surface area contributed by atoms with Gasteiger partial charge in [0.15, 0.2) is 5.78 Å². The molecule has 0 N–H and O–H groups in total. The molecule has 1 atom stereocenters. The molecule has 2 aromatic carbocycles. The van der Waals surface area contributed by atoms with E-state index < -0.39 is 0 Å². The predicted octanol–water partition coefficient (Wildman–Crippen LogP) is 6.00. The summed E-state index contributed by atoms with van der Waals surface area (Å²) in [5, 5.41) is 0. The first-order chi connectivity index (χ1) is 12.7. The smallest absolute Gasteiger partial charge is 0.163 e. The van der Waals surface area contributed by atoms with E-state index in [1.165, 1.54) is 16.7 Å². The van der Waals surface area contributed by atoms with Crippen LogP contribution in [0, 0.1) is 5.92 Å². The van der Waals surface area contributed by atoms with E-state index in [0.29, 0.717) is 18.8 Å². The van der Waals surface area contributed by atoms with Crippen LogP contribution in [0.1, 0.15) is 58.3 Å². The normalized spacial score (nSPS) is 16.1. The minimum Gasteiger partial charge on any atom is -0.294 e. The third-order valence-corrected chi connectivity index (χ3v) is 5.39. The van der Waals surface area contributed by atoms with Crippen LogP contribution in [0.3, 0.4) is 0 Å².